The Hall–Kier alpha value is -1.43. The number of hydrogen-bond donors (Lipinski definition) is 1. The SMILES string of the molecule is CO[C@]12CC[C@@H](OCCO)C[C@H]1N(C(=O)c1ccc3c(c1)CCC3)CC2. The van der Waals surface area contributed by atoms with Gasteiger partial charge in [-0.1, -0.05) is 6.07 Å². The summed E-state index contributed by atoms with van der Waals surface area (Å²) in [5.74, 6) is 0.117. The van der Waals surface area contributed by atoms with E-state index < -0.39 is 0 Å². The average Bonchev–Trinajstić information content (AvgIpc) is 3.29. The molecule has 1 saturated carbocycles. The molecular formula is C21H29NO4. The number of likely N-dealkylation sites (tertiary alicyclic amines) is 1. The molecule has 142 valence electrons. The molecule has 1 saturated heterocycles. The fourth-order valence-corrected chi connectivity index (χ4v) is 5.15. The van der Waals surface area contributed by atoms with E-state index in [1.54, 1.807) is 7.11 Å². The van der Waals surface area contributed by atoms with Crippen LogP contribution in [0.4, 0.5) is 0 Å². The van der Waals surface area contributed by atoms with Crippen LogP contribution in [0.1, 0.15) is 53.6 Å². The number of benzene rings is 1. The lowest BCUT2D eigenvalue weighted by Gasteiger charge is -2.43. The maximum Gasteiger partial charge on any atom is 0.254 e. The Bertz CT molecular complexity index is 676. The molecule has 2 fully saturated rings. The zero-order valence-corrected chi connectivity index (χ0v) is 15.6. The van der Waals surface area contributed by atoms with Gasteiger partial charge in [0, 0.05) is 19.2 Å². The summed E-state index contributed by atoms with van der Waals surface area (Å²) in [5, 5.41) is 9.03. The normalized spacial score (nSPS) is 30.3. The Balaban J connectivity index is 1.54. The van der Waals surface area contributed by atoms with E-state index >= 15 is 0 Å². The molecule has 1 heterocycles. The molecule has 0 unspecified atom stereocenters. The summed E-state index contributed by atoms with van der Waals surface area (Å²) in [6, 6.07) is 6.26. The summed E-state index contributed by atoms with van der Waals surface area (Å²) < 4.78 is 11.7. The van der Waals surface area contributed by atoms with E-state index in [1.807, 2.05) is 11.0 Å². The average molecular weight is 359 g/mol. The maximum atomic E-state index is 13.3. The molecule has 3 atom stereocenters. The number of carbonyl (C=O) groups excluding carboxylic acids is 1. The first-order valence-electron chi connectivity index (χ1n) is 9.87. The van der Waals surface area contributed by atoms with Crippen molar-refractivity contribution in [1.29, 1.82) is 0 Å². The van der Waals surface area contributed by atoms with Crippen molar-refractivity contribution in [3.05, 3.63) is 34.9 Å². The van der Waals surface area contributed by atoms with Gasteiger partial charge in [0.25, 0.3) is 5.91 Å². The van der Waals surface area contributed by atoms with E-state index in [4.69, 9.17) is 14.6 Å². The van der Waals surface area contributed by atoms with Crippen LogP contribution in [0.15, 0.2) is 18.2 Å². The Kier molecular flexibility index (Phi) is 5.04. The van der Waals surface area contributed by atoms with Crippen molar-refractivity contribution >= 4 is 5.91 Å². The number of carbonyl (C=O) groups is 1. The third-order valence-electron chi connectivity index (χ3n) is 6.59. The van der Waals surface area contributed by atoms with E-state index in [1.165, 1.54) is 17.5 Å². The van der Waals surface area contributed by atoms with Gasteiger partial charge in [-0.3, -0.25) is 4.79 Å². The van der Waals surface area contributed by atoms with Gasteiger partial charge in [0.05, 0.1) is 31.0 Å². The van der Waals surface area contributed by atoms with Gasteiger partial charge in [0.15, 0.2) is 0 Å². The second-order valence-electron chi connectivity index (χ2n) is 7.86. The van der Waals surface area contributed by atoms with Crippen LogP contribution >= 0.6 is 0 Å². The molecule has 26 heavy (non-hydrogen) atoms. The van der Waals surface area contributed by atoms with Crippen molar-refractivity contribution in [1.82, 2.24) is 4.90 Å². The van der Waals surface area contributed by atoms with Crippen LogP contribution in [0.3, 0.4) is 0 Å². The summed E-state index contributed by atoms with van der Waals surface area (Å²) in [6.07, 6.45) is 6.98. The van der Waals surface area contributed by atoms with Crippen LogP contribution in [0.2, 0.25) is 0 Å². The predicted octanol–water partition coefficient (Wildman–Crippen LogP) is 2.34. The Morgan fingerprint density at radius 3 is 2.96 bits per heavy atom. The van der Waals surface area contributed by atoms with Crippen LogP contribution in [-0.4, -0.2) is 60.5 Å². The van der Waals surface area contributed by atoms with Crippen molar-refractivity contribution < 1.29 is 19.4 Å². The highest BCUT2D eigenvalue weighted by Crippen LogP contribution is 2.43. The summed E-state index contributed by atoms with van der Waals surface area (Å²) in [4.78, 5) is 15.3. The molecule has 5 nitrogen and oxygen atoms in total. The molecule has 1 aliphatic heterocycles. The van der Waals surface area contributed by atoms with Crippen LogP contribution in [-0.2, 0) is 22.3 Å². The van der Waals surface area contributed by atoms with E-state index in [0.29, 0.717) is 6.61 Å². The van der Waals surface area contributed by atoms with Crippen LogP contribution in [0.25, 0.3) is 0 Å². The Morgan fingerprint density at radius 1 is 1.31 bits per heavy atom. The third kappa shape index (κ3) is 3.06. The molecule has 1 amide bonds. The highest BCUT2D eigenvalue weighted by atomic mass is 16.5. The maximum absolute atomic E-state index is 13.3. The lowest BCUT2D eigenvalue weighted by atomic mass is 9.79. The highest BCUT2D eigenvalue weighted by molar-refractivity contribution is 5.95. The fourth-order valence-electron chi connectivity index (χ4n) is 5.15. The molecule has 3 aliphatic rings. The second-order valence-corrected chi connectivity index (χ2v) is 7.86. The van der Waals surface area contributed by atoms with E-state index in [0.717, 1.165) is 50.6 Å². The molecule has 1 aromatic rings. The first kappa shape index (κ1) is 18.0. The van der Waals surface area contributed by atoms with E-state index in [-0.39, 0.29) is 30.3 Å². The number of aliphatic hydroxyl groups is 1. The fraction of sp³-hybridized carbons (Fsp3) is 0.667. The van der Waals surface area contributed by atoms with Crippen LogP contribution < -0.4 is 0 Å². The van der Waals surface area contributed by atoms with Crippen molar-refractivity contribution in [2.24, 2.45) is 0 Å². The molecule has 0 spiro atoms. The Labute approximate surface area is 155 Å². The zero-order chi connectivity index (χ0) is 18.1. The van der Waals surface area contributed by atoms with Crippen LogP contribution in [0.5, 0.6) is 0 Å². The number of aliphatic hydroxyl groups excluding tert-OH is 1. The first-order chi connectivity index (χ1) is 12.7. The molecule has 1 N–H and O–H groups in total. The standard InChI is InChI=1S/C21H29NO4/c1-25-21-8-7-18(26-12-11-23)14-19(21)22(10-9-21)20(24)17-6-5-15-3-2-4-16(15)13-17/h5-6,13,18-19,23H,2-4,7-12,14H2,1H3/t18-,19-,21+/m1/s1. The molecule has 0 radical (unpaired) electrons. The van der Waals surface area contributed by atoms with Gasteiger partial charge in [0.2, 0.25) is 0 Å². The van der Waals surface area contributed by atoms with Crippen molar-refractivity contribution in [2.75, 3.05) is 26.9 Å². The number of hydrogen-bond acceptors (Lipinski definition) is 4. The molecule has 5 heteroatoms. The van der Waals surface area contributed by atoms with E-state index in [2.05, 4.69) is 12.1 Å². The smallest absolute Gasteiger partial charge is 0.254 e. The molecule has 2 aliphatic carbocycles. The number of aryl methyl sites for hydroxylation is 2. The van der Waals surface area contributed by atoms with Gasteiger partial charge in [-0.05, 0) is 68.2 Å². The summed E-state index contributed by atoms with van der Waals surface area (Å²) in [5.41, 5.74) is 3.28. The van der Waals surface area contributed by atoms with E-state index in [9.17, 15) is 4.79 Å². The molecular weight excluding hydrogens is 330 g/mol. The summed E-state index contributed by atoms with van der Waals surface area (Å²) in [7, 11) is 1.77. The number of amides is 1. The van der Waals surface area contributed by atoms with Gasteiger partial charge < -0.3 is 19.5 Å². The van der Waals surface area contributed by atoms with Gasteiger partial charge in [-0.25, -0.2) is 0 Å². The number of rotatable bonds is 5. The number of nitrogens with zero attached hydrogens (tertiary/aromatic N) is 1. The largest absolute Gasteiger partial charge is 0.394 e. The monoisotopic (exact) mass is 359 g/mol. The van der Waals surface area contributed by atoms with Gasteiger partial charge in [-0.2, -0.15) is 0 Å². The number of ether oxygens (including phenoxy) is 2. The summed E-state index contributed by atoms with van der Waals surface area (Å²) in [6.45, 7) is 1.13. The number of methoxy groups -OCH3 is 1. The van der Waals surface area contributed by atoms with Gasteiger partial charge in [-0.15, -0.1) is 0 Å². The lowest BCUT2D eigenvalue weighted by Crippen LogP contribution is -2.53. The predicted molar refractivity (Wildman–Crippen MR) is 98.3 cm³/mol. The van der Waals surface area contributed by atoms with Crippen LogP contribution in [0, 0.1) is 0 Å². The van der Waals surface area contributed by atoms with Crippen molar-refractivity contribution in [2.45, 2.75) is 62.7 Å². The lowest BCUT2D eigenvalue weighted by molar-refractivity contribution is -0.0992. The minimum absolute atomic E-state index is 0.0361. The van der Waals surface area contributed by atoms with Crippen molar-refractivity contribution in [3.8, 4) is 0 Å². The first-order valence-corrected chi connectivity index (χ1v) is 9.87. The molecule has 1 aromatic carbocycles. The van der Waals surface area contributed by atoms with Gasteiger partial charge >= 0.3 is 0 Å². The Morgan fingerprint density at radius 2 is 2.15 bits per heavy atom. The highest BCUT2D eigenvalue weighted by Gasteiger charge is 2.52. The quantitative estimate of drug-likeness (QED) is 0.877. The minimum atomic E-state index is -0.245. The van der Waals surface area contributed by atoms with Gasteiger partial charge in [0.1, 0.15) is 0 Å². The number of fused-ring (bicyclic) bond motifs is 2. The summed E-state index contributed by atoms with van der Waals surface area (Å²) >= 11 is 0. The third-order valence-corrected chi connectivity index (χ3v) is 6.59. The zero-order valence-electron chi connectivity index (χ0n) is 15.6. The second kappa shape index (κ2) is 7.29. The topological polar surface area (TPSA) is 59.0 Å². The molecule has 4 rings (SSSR count). The van der Waals surface area contributed by atoms with Crippen molar-refractivity contribution in [3.63, 3.8) is 0 Å². The molecule has 0 aromatic heterocycles. The molecule has 0 bridgehead atoms. The minimum Gasteiger partial charge on any atom is -0.394 e.